The van der Waals surface area contributed by atoms with E-state index in [9.17, 15) is 9.59 Å². The topological polar surface area (TPSA) is 79.8 Å². The van der Waals surface area contributed by atoms with Crippen LogP contribution in [-0.4, -0.2) is 24.6 Å². The largest absolute Gasteiger partial charge is 0.495 e. The number of rotatable bonds is 7. The zero-order valence-corrected chi connectivity index (χ0v) is 15.3. The summed E-state index contributed by atoms with van der Waals surface area (Å²) in [6.45, 7) is 1.66. The Balaban J connectivity index is 1.87. The first-order valence-corrected chi connectivity index (χ1v) is 8.35. The number of nitrogens with zero attached hydrogens (tertiary/aromatic N) is 1. The Morgan fingerprint density at radius 2 is 1.85 bits per heavy atom. The molecule has 0 bridgehead atoms. The summed E-state index contributed by atoms with van der Waals surface area (Å²) in [7, 11) is 1.51. The van der Waals surface area contributed by atoms with Gasteiger partial charge in [0.25, 0.3) is 0 Å². The van der Waals surface area contributed by atoms with Crippen LogP contribution >= 0.6 is 11.6 Å². The number of methoxy groups -OCH3 is 1. The number of nitrogens with one attached hydrogen (secondary N) is 2. The van der Waals surface area contributed by atoms with Crippen molar-refractivity contribution < 1.29 is 14.3 Å². The highest BCUT2D eigenvalue weighted by Gasteiger charge is 2.10. The highest BCUT2D eigenvalue weighted by Crippen LogP contribution is 2.27. The van der Waals surface area contributed by atoms with Gasteiger partial charge < -0.3 is 10.1 Å². The molecule has 7 heteroatoms. The first kappa shape index (κ1) is 19.5. The number of benzene rings is 2. The van der Waals surface area contributed by atoms with Crippen LogP contribution in [0, 0.1) is 0 Å². The zero-order chi connectivity index (χ0) is 18.9. The Hall–Kier alpha value is -2.86. The molecule has 26 heavy (non-hydrogen) atoms. The average Bonchev–Trinajstić information content (AvgIpc) is 2.61. The lowest BCUT2D eigenvalue weighted by molar-refractivity contribution is -0.120. The Morgan fingerprint density at radius 3 is 2.54 bits per heavy atom. The molecule has 0 saturated carbocycles. The van der Waals surface area contributed by atoms with E-state index in [1.54, 1.807) is 25.1 Å². The normalized spacial score (nSPS) is 11.0. The molecule has 2 rings (SSSR count). The Labute approximate surface area is 157 Å². The number of halogens is 1. The van der Waals surface area contributed by atoms with Crippen LogP contribution in [0.15, 0.2) is 53.6 Å². The van der Waals surface area contributed by atoms with Gasteiger partial charge in [-0.1, -0.05) is 41.9 Å². The number of hydrogen-bond acceptors (Lipinski definition) is 4. The van der Waals surface area contributed by atoms with Gasteiger partial charge in [-0.3, -0.25) is 9.59 Å². The van der Waals surface area contributed by atoms with Gasteiger partial charge in [0, 0.05) is 10.7 Å². The molecule has 0 saturated heterocycles. The van der Waals surface area contributed by atoms with Crippen molar-refractivity contribution in [2.45, 2.75) is 19.8 Å². The van der Waals surface area contributed by atoms with Crippen molar-refractivity contribution in [3.05, 3.63) is 59.1 Å². The summed E-state index contributed by atoms with van der Waals surface area (Å²) in [6, 6.07) is 14.3. The fourth-order valence-corrected chi connectivity index (χ4v) is 2.39. The minimum atomic E-state index is -0.288. The average molecular weight is 374 g/mol. The molecule has 2 N–H and O–H groups in total. The highest BCUT2D eigenvalue weighted by atomic mass is 35.5. The molecule has 0 aliphatic carbocycles. The number of amides is 2. The van der Waals surface area contributed by atoms with E-state index >= 15 is 0 Å². The summed E-state index contributed by atoms with van der Waals surface area (Å²) in [5.41, 5.74) is 4.30. The van der Waals surface area contributed by atoms with Crippen LogP contribution < -0.4 is 15.5 Å². The van der Waals surface area contributed by atoms with Gasteiger partial charge >= 0.3 is 0 Å². The molecule has 2 amide bonds. The fraction of sp³-hybridized carbons (Fsp3) is 0.211. The molecule has 0 atom stereocenters. The van der Waals surface area contributed by atoms with Crippen LogP contribution in [0.1, 0.15) is 18.9 Å². The molecule has 136 valence electrons. The Bertz CT molecular complexity index is 807. The molecule has 0 radical (unpaired) electrons. The second-order valence-electron chi connectivity index (χ2n) is 5.61. The van der Waals surface area contributed by atoms with Crippen LogP contribution in [0.2, 0.25) is 5.02 Å². The predicted molar refractivity (Wildman–Crippen MR) is 103 cm³/mol. The maximum atomic E-state index is 12.1. The van der Waals surface area contributed by atoms with Gasteiger partial charge in [-0.05, 0) is 30.7 Å². The van der Waals surface area contributed by atoms with Crippen molar-refractivity contribution in [3.63, 3.8) is 0 Å². The first-order chi connectivity index (χ1) is 12.5. The van der Waals surface area contributed by atoms with E-state index in [-0.39, 0.29) is 24.7 Å². The van der Waals surface area contributed by atoms with Crippen LogP contribution in [-0.2, 0) is 16.0 Å². The predicted octanol–water partition coefficient (Wildman–Crippen LogP) is 3.41. The lowest BCUT2D eigenvalue weighted by atomic mass is 10.1. The quantitative estimate of drug-likeness (QED) is 0.576. The summed E-state index contributed by atoms with van der Waals surface area (Å²) in [6.07, 6.45) is 0.255. The molecule has 0 unspecified atom stereocenters. The van der Waals surface area contributed by atoms with Gasteiger partial charge in [0.1, 0.15) is 5.75 Å². The van der Waals surface area contributed by atoms with Gasteiger partial charge in [-0.15, -0.1) is 0 Å². The molecule has 2 aromatic carbocycles. The number of hydrazone groups is 1. The van der Waals surface area contributed by atoms with E-state index in [0.717, 1.165) is 5.56 Å². The standard InChI is InChI=1S/C19H20ClN3O3/c1-13(22-23-19(25)11-14-6-4-3-5-7-14)10-18(24)21-16-12-15(20)8-9-17(16)26-2/h3-9,12H,10-11H2,1-2H3,(H,21,24)(H,23,25)/b22-13-. The molecule has 0 aromatic heterocycles. The number of ether oxygens (including phenoxy) is 1. The van der Waals surface area contributed by atoms with Crippen molar-refractivity contribution in [2.24, 2.45) is 5.10 Å². The van der Waals surface area contributed by atoms with Crippen molar-refractivity contribution in [3.8, 4) is 5.75 Å². The van der Waals surface area contributed by atoms with Gasteiger partial charge in [0.05, 0.1) is 25.6 Å². The summed E-state index contributed by atoms with van der Waals surface area (Å²) >= 11 is 5.94. The van der Waals surface area contributed by atoms with E-state index in [1.807, 2.05) is 30.3 Å². The molecule has 0 aliphatic rings. The van der Waals surface area contributed by atoms with Crippen molar-refractivity contribution in [2.75, 3.05) is 12.4 Å². The van der Waals surface area contributed by atoms with E-state index in [0.29, 0.717) is 22.2 Å². The van der Waals surface area contributed by atoms with Gasteiger partial charge in [-0.2, -0.15) is 5.10 Å². The van der Waals surface area contributed by atoms with Crippen LogP contribution in [0.3, 0.4) is 0 Å². The summed E-state index contributed by atoms with van der Waals surface area (Å²) < 4.78 is 5.18. The van der Waals surface area contributed by atoms with E-state index < -0.39 is 0 Å². The molecule has 6 nitrogen and oxygen atoms in total. The Morgan fingerprint density at radius 1 is 1.12 bits per heavy atom. The number of hydrogen-bond donors (Lipinski definition) is 2. The molecular weight excluding hydrogens is 354 g/mol. The Kier molecular flexibility index (Phi) is 7.17. The van der Waals surface area contributed by atoms with E-state index in [2.05, 4.69) is 15.8 Å². The third-order valence-corrected chi connectivity index (χ3v) is 3.67. The molecule has 0 heterocycles. The second kappa shape index (κ2) is 9.58. The molecule has 2 aromatic rings. The molecule has 0 fully saturated rings. The first-order valence-electron chi connectivity index (χ1n) is 7.97. The number of carbonyl (C=O) groups excluding carboxylic acids is 2. The van der Waals surface area contributed by atoms with Gasteiger partial charge in [-0.25, -0.2) is 5.43 Å². The van der Waals surface area contributed by atoms with E-state index in [1.165, 1.54) is 7.11 Å². The van der Waals surface area contributed by atoms with Gasteiger partial charge in [0.15, 0.2) is 0 Å². The smallest absolute Gasteiger partial charge is 0.244 e. The maximum absolute atomic E-state index is 12.1. The zero-order valence-electron chi connectivity index (χ0n) is 14.6. The highest BCUT2D eigenvalue weighted by molar-refractivity contribution is 6.31. The monoisotopic (exact) mass is 373 g/mol. The van der Waals surface area contributed by atoms with Crippen molar-refractivity contribution in [1.82, 2.24) is 5.43 Å². The molecular formula is C19H20ClN3O3. The third kappa shape index (κ3) is 6.22. The lowest BCUT2D eigenvalue weighted by Crippen LogP contribution is -2.23. The molecule has 0 aliphatic heterocycles. The van der Waals surface area contributed by atoms with E-state index in [4.69, 9.17) is 16.3 Å². The SMILES string of the molecule is COc1ccc(Cl)cc1NC(=O)C/C(C)=N\NC(=O)Cc1ccccc1. The fourth-order valence-electron chi connectivity index (χ4n) is 2.22. The summed E-state index contributed by atoms with van der Waals surface area (Å²) in [5.74, 6) is -0.0231. The summed E-state index contributed by atoms with van der Waals surface area (Å²) in [5, 5.41) is 7.17. The summed E-state index contributed by atoms with van der Waals surface area (Å²) in [4.78, 5) is 24.0. The van der Waals surface area contributed by atoms with Crippen molar-refractivity contribution in [1.29, 1.82) is 0 Å². The van der Waals surface area contributed by atoms with Crippen LogP contribution in [0.4, 0.5) is 5.69 Å². The minimum Gasteiger partial charge on any atom is -0.495 e. The van der Waals surface area contributed by atoms with Crippen molar-refractivity contribution >= 4 is 34.8 Å². The molecule has 0 spiro atoms. The second-order valence-corrected chi connectivity index (χ2v) is 6.05. The minimum absolute atomic E-state index is 0.0291. The van der Waals surface area contributed by atoms with Gasteiger partial charge in [0.2, 0.25) is 11.8 Å². The van der Waals surface area contributed by atoms with Crippen LogP contribution in [0.5, 0.6) is 5.75 Å². The number of anilines is 1. The number of carbonyl (C=O) groups is 2. The maximum Gasteiger partial charge on any atom is 0.244 e. The lowest BCUT2D eigenvalue weighted by Gasteiger charge is -2.10. The van der Waals surface area contributed by atoms with Crippen LogP contribution in [0.25, 0.3) is 0 Å². The third-order valence-electron chi connectivity index (χ3n) is 3.43.